The molecule has 0 aliphatic carbocycles. The molecule has 0 bridgehead atoms. The van der Waals surface area contributed by atoms with Crippen LogP contribution in [0.3, 0.4) is 0 Å². The Morgan fingerprint density at radius 2 is 1.82 bits per heavy atom. The summed E-state index contributed by atoms with van der Waals surface area (Å²) in [7, 11) is 0. The first-order chi connectivity index (χ1) is 10.8. The topological polar surface area (TPSA) is 44.8 Å². The SMILES string of the molecule is O=C(CCC1CCNCC1)N1CCN(CC2CCOC2)CC1. The van der Waals surface area contributed by atoms with Crippen molar-refractivity contribution in [1.29, 1.82) is 0 Å². The summed E-state index contributed by atoms with van der Waals surface area (Å²) in [6.07, 6.45) is 5.52. The van der Waals surface area contributed by atoms with Crippen LogP contribution in [0.5, 0.6) is 0 Å². The number of rotatable bonds is 5. The van der Waals surface area contributed by atoms with E-state index in [9.17, 15) is 4.79 Å². The molecule has 5 nitrogen and oxygen atoms in total. The summed E-state index contributed by atoms with van der Waals surface area (Å²) >= 11 is 0. The van der Waals surface area contributed by atoms with Crippen LogP contribution in [-0.2, 0) is 9.53 Å². The maximum atomic E-state index is 12.4. The number of nitrogens with zero attached hydrogens (tertiary/aromatic N) is 2. The van der Waals surface area contributed by atoms with Gasteiger partial charge in [0.05, 0.1) is 6.61 Å². The molecule has 0 aromatic carbocycles. The maximum Gasteiger partial charge on any atom is 0.222 e. The molecule has 3 saturated heterocycles. The highest BCUT2D eigenvalue weighted by Crippen LogP contribution is 2.19. The van der Waals surface area contributed by atoms with Gasteiger partial charge in [-0.1, -0.05) is 0 Å². The lowest BCUT2D eigenvalue weighted by Gasteiger charge is -2.36. The number of ether oxygens (including phenoxy) is 1. The Labute approximate surface area is 134 Å². The number of hydrogen-bond donors (Lipinski definition) is 1. The fourth-order valence-corrected chi connectivity index (χ4v) is 3.93. The second-order valence-electron chi connectivity index (χ2n) is 7.14. The minimum Gasteiger partial charge on any atom is -0.381 e. The Morgan fingerprint density at radius 3 is 2.50 bits per heavy atom. The fraction of sp³-hybridized carbons (Fsp3) is 0.941. The summed E-state index contributed by atoms with van der Waals surface area (Å²) in [5.41, 5.74) is 0. The molecule has 22 heavy (non-hydrogen) atoms. The third kappa shape index (κ3) is 4.67. The van der Waals surface area contributed by atoms with Gasteiger partial charge >= 0.3 is 0 Å². The fourth-order valence-electron chi connectivity index (χ4n) is 3.93. The van der Waals surface area contributed by atoms with E-state index in [2.05, 4.69) is 15.1 Å². The summed E-state index contributed by atoms with van der Waals surface area (Å²) in [4.78, 5) is 17.0. The predicted molar refractivity (Wildman–Crippen MR) is 86.8 cm³/mol. The minimum absolute atomic E-state index is 0.377. The Kier molecular flexibility index (Phi) is 6.10. The van der Waals surface area contributed by atoms with Gasteiger partial charge in [0, 0.05) is 45.8 Å². The van der Waals surface area contributed by atoms with Gasteiger partial charge in [-0.2, -0.15) is 0 Å². The Balaban J connectivity index is 1.32. The molecule has 3 heterocycles. The molecule has 1 amide bonds. The van der Waals surface area contributed by atoms with Crippen LogP contribution >= 0.6 is 0 Å². The van der Waals surface area contributed by atoms with Crippen LogP contribution in [0, 0.1) is 11.8 Å². The normalized spacial score (nSPS) is 28.2. The van der Waals surface area contributed by atoms with Gasteiger partial charge in [0.15, 0.2) is 0 Å². The quantitative estimate of drug-likeness (QED) is 0.821. The van der Waals surface area contributed by atoms with Crippen LogP contribution in [0.25, 0.3) is 0 Å². The first-order valence-electron chi connectivity index (χ1n) is 9.10. The van der Waals surface area contributed by atoms with Crippen molar-refractivity contribution in [2.75, 3.05) is 59.0 Å². The Morgan fingerprint density at radius 1 is 1.05 bits per heavy atom. The second-order valence-corrected chi connectivity index (χ2v) is 7.14. The van der Waals surface area contributed by atoms with Crippen LogP contribution in [0.1, 0.15) is 32.1 Å². The molecule has 0 spiro atoms. The first kappa shape index (κ1) is 16.2. The number of hydrogen-bond acceptors (Lipinski definition) is 4. The van der Waals surface area contributed by atoms with Crippen molar-refractivity contribution in [1.82, 2.24) is 15.1 Å². The van der Waals surface area contributed by atoms with Crippen molar-refractivity contribution in [3.63, 3.8) is 0 Å². The molecule has 3 rings (SSSR count). The van der Waals surface area contributed by atoms with Gasteiger partial charge in [0.25, 0.3) is 0 Å². The lowest BCUT2D eigenvalue weighted by molar-refractivity contribution is -0.133. The smallest absolute Gasteiger partial charge is 0.222 e. The summed E-state index contributed by atoms with van der Waals surface area (Å²) in [6, 6.07) is 0. The molecule has 3 aliphatic heterocycles. The summed E-state index contributed by atoms with van der Waals surface area (Å²) in [6.45, 7) is 9.17. The van der Waals surface area contributed by atoms with E-state index in [0.29, 0.717) is 11.8 Å². The van der Waals surface area contributed by atoms with Crippen molar-refractivity contribution < 1.29 is 9.53 Å². The van der Waals surface area contributed by atoms with Crippen LogP contribution in [-0.4, -0.2) is 74.7 Å². The number of carbonyl (C=O) groups excluding carboxylic acids is 1. The van der Waals surface area contributed by atoms with E-state index in [1.165, 1.54) is 19.3 Å². The lowest BCUT2D eigenvalue weighted by atomic mass is 9.93. The van der Waals surface area contributed by atoms with Crippen LogP contribution < -0.4 is 5.32 Å². The molecule has 0 aromatic rings. The standard InChI is InChI=1S/C17H31N3O2/c21-17(2-1-15-3-6-18-7-4-15)20-10-8-19(9-11-20)13-16-5-12-22-14-16/h15-16,18H,1-14H2. The highest BCUT2D eigenvalue weighted by molar-refractivity contribution is 5.76. The van der Waals surface area contributed by atoms with E-state index in [0.717, 1.165) is 77.8 Å². The zero-order chi connectivity index (χ0) is 15.2. The number of nitrogens with one attached hydrogen (secondary N) is 1. The Bertz CT molecular complexity index is 344. The molecule has 5 heteroatoms. The number of piperidine rings is 1. The highest BCUT2D eigenvalue weighted by atomic mass is 16.5. The molecule has 1 N–H and O–H groups in total. The van der Waals surface area contributed by atoms with E-state index in [1.807, 2.05) is 0 Å². The molecular formula is C17H31N3O2. The van der Waals surface area contributed by atoms with Gasteiger partial charge < -0.3 is 15.0 Å². The van der Waals surface area contributed by atoms with Crippen molar-refractivity contribution in [2.45, 2.75) is 32.1 Å². The van der Waals surface area contributed by atoms with Crippen LogP contribution in [0.15, 0.2) is 0 Å². The van der Waals surface area contributed by atoms with Gasteiger partial charge in [-0.25, -0.2) is 0 Å². The average molecular weight is 309 g/mol. The zero-order valence-corrected chi connectivity index (χ0v) is 13.8. The third-order valence-electron chi connectivity index (χ3n) is 5.49. The zero-order valence-electron chi connectivity index (χ0n) is 13.8. The van der Waals surface area contributed by atoms with Gasteiger partial charge in [0.1, 0.15) is 0 Å². The number of piperazine rings is 1. The molecule has 1 atom stereocenters. The minimum atomic E-state index is 0.377. The molecule has 3 aliphatic rings. The van der Waals surface area contributed by atoms with E-state index < -0.39 is 0 Å². The number of amides is 1. The Hall–Kier alpha value is -0.650. The predicted octanol–water partition coefficient (Wildman–Crippen LogP) is 0.947. The highest BCUT2D eigenvalue weighted by Gasteiger charge is 2.25. The molecule has 126 valence electrons. The van der Waals surface area contributed by atoms with Gasteiger partial charge in [-0.3, -0.25) is 9.69 Å². The lowest BCUT2D eigenvalue weighted by Crippen LogP contribution is -2.49. The van der Waals surface area contributed by atoms with Gasteiger partial charge in [-0.15, -0.1) is 0 Å². The van der Waals surface area contributed by atoms with Crippen molar-refractivity contribution in [3.05, 3.63) is 0 Å². The summed E-state index contributed by atoms with van der Waals surface area (Å²) in [5.74, 6) is 1.85. The molecule has 0 aromatic heterocycles. The van der Waals surface area contributed by atoms with Gasteiger partial charge in [-0.05, 0) is 50.6 Å². The summed E-state index contributed by atoms with van der Waals surface area (Å²) < 4.78 is 5.45. The van der Waals surface area contributed by atoms with Crippen molar-refractivity contribution >= 4 is 5.91 Å². The monoisotopic (exact) mass is 309 g/mol. The maximum absolute atomic E-state index is 12.4. The number of carbonyl (C=O) groups is 1. The largest absolute Gasteiger partial charge is 0.381 e. The van der Waals surface area contributed by atoms with Gasteiger partial charge in [0.2, 0.25) is 5.91 Å². The van der Waals surface area contributed by atoms with Crippen LogP contribution in [0.2, 0.25) is 0 Å². The van der Waals surface area contributed by atoms with E-state index >= 15 is 0 Å². The summed E-state index contributed by atoms with van der Waals surface area (Å²) in [5, 5.41) is 3.39. The molecule has 0 saturated carbocycles. The molecule has 3 fully saturated rings. The molecule has 1 unspecified atom stereocenters. The third-order valence-corrected chi connectivity index (χ3v) is 5.49. The van der Waals surface area contributed by atoms with E-state index in [1.54, 1.807) is 0 Å². The average Bonchev–Trinajstić information content (AvgIpc) is 3.07. The molecule has 0 radical (unpaired) electrons. The second kappa shape index (κ2) is 8.27. The van der Waals surface area contributed by atoms with Crippen molar-refractivity contribution in [3.8, 4) is 0 Å². The van der Waals surface area contributed by atoms with Crippen molar-refractivity contribution in [2.24, 2.45) is 11.8 Å². The molecular weight excluding hydrogens is 278 g/mol. The first-order valence-corrected chi connectivity index (χ1v) is 9.10. The van der Waals surface area contributed by atoms with Crippen LogP contribution in [0.4, 0.5) is 0 Å². The van der Waals surface area contributed by atoms with E-state index in [4.69, 9.17) is 4.74 Å². The van der Waals surface area contributed by atoms with E-state index in [-0.39, 0.29) is 0 Å².